The third-order valence-corrected chi connectivity index (χ3v) is 9.70. The van der Waals surface area contributed by atoms with Crippen LogP contribution >= 0.6 is 0 Å². The molecule has 10 heteroatoms. The fourth-order valence-electron chi connectivity index (χ4n) is 6.59. The first-order chi connectivity index (χ1) is 25.6. The highest BCUT2D eigenvalue weighted by molar-refractivity contribution is 6.67. The van der Waals surface area contributed by atoms with Gasteiger partial charge in [0.15, 0.2) is 23.0 Å². The predicted molar refractivity (Wildman–Crippen MR) is 221 cm³/mol. The molecule has 0 fully saturated rings. The minimum atomic E-state index is -0.760. The Kier molecular flexibility index (Phi) is 31.6. The number of benzene rings is 1. The van der Waals surface area contributed by atoms with Crippen LogP contribution in [0.4, 0.5) is 0 Å². The van der Waals surface area contributed by atoms with Crippen LogP contribution in [0, 0.1) is 0 Å². The van der Waals surface area contributed by atoms with E-state index in [4.69, 9.17) is 37.6 Å². The zero-order valence-corrected chi connectivity index (χ0v) is 35.2. The fraction of sp³-hybridized carbons (Fsp3) is 0.857. The van der Waals surface area contributed by atoms with Gasteiger partial charge in [-0.25, -0.2) is 0 Å². The average Bonchev–Trinajstić information content (AvgIpc) is 3.16. The smallest absolute Gasteiger partial charge is 0.490 e. The Labute approximate surface area is 321 Å². The first-order valence-corrected chi connectivity index (χ1v) is 21.5. The van der Waals surface area contributed by atoms with Gasteiger partial charge in [-0.05, 0) is 25.7 Å². The van der Waals surface area contributed by atoms with Crippen molar-refractivity contribution in [3.63, 3.8) is 0 Å². The van der Waals surface area contributed by atoms with E-state index < -0.39 is 14.2 Å². The second-order valence-corrected chi connectivity index (χ2v) is 14.2. The third-order valence-electron chi connectivity index (χ3n) is 9.70. The van der Waals surface area contributed by atoms with E-state index in [1.807, 2.05) is 0 Å². The van der Waals surface area contributed by atoms with E-state index in [1.165, 1.54) is 103 Å². The molecule has 0 aromatic heterocycles. The van der Waals surface area contributed by atoms with Crippen molar-refractivity contribution in [1.29, 1.82) is 0 Å². The van der Waals surface area contributed by atoms with E-state index in [-0.39, 0.29) is 0 Å². The lowest BCUT2D eigenvalue weighted by atomic mass is 9.70. The van der Waals surface area contributed by atoms with Crippen LogP contribution in [-0.4, -0.2) is 69.1 Å². The SMILES string of the molecule is CCCCCCCCOc1c(OCCCCCCCC)c(B(OC)OC)c(OCCCCCCCC)c(OCCCCCCCC)c1B(OC)OC. The highest BCUT2D eigenvalue weighted by Crippen LogP contribution is 2.39. The molecule has 8 nitrogen and oxygen atoms in total. The molecule has 0 spiro atoms. The third kappa shape index (κ3) is 19.6. The van der Waals surface area contributed by atoms with Crippen LogP contribution < -0.4 is 29.9 Å². The maximum absolute atomic E-state index is 6.77. The molecule has 0 aliphatic heterocycles. The second kappa shape index (κ2) is 33.9. The van der Waals surface area contributed by atoms with E-state index in [2.05, 4.69) is 27.7 Å². The van der Waals surface area contributed by atoms with Gasteiger partial charge in [0.05, 0.1) is 37.4 Å². The molecular formula is C42H80B2O8. The lowest BCUT2D eigenvalue weighted by Crippen LogP contribution is -2.43. The van der Waals surface area contributed by atoms with E-state index >= 15 is 0 Å². The molecule has 0 heterocycles. The number of unbranched alkanes of at least 4 members (excludes halogenated alkanes) is 20. The van der Waals surface area contributed by atoms with Crippen LogP contribution in [0.15, 0.2) is 0 Å². The highest BCUT2D eigenvalue weighted by Gasteiger charge is 2.41. The molecule has 0 aliphatic carbocycles. The van der Waals surface area contributed by atoms with Crippen molar-refractivity contribution in [2.24, 2.45) is 0 Å². The first kappa shape index (κ1) is 48.4. The standard InChI is InChI=1S/C42H80B2O8/c1-9-13-17-21-25-29-33-49-39-37(43(45-5)46-6)41(51-35-31-27-23-19-15-11-3)42(52-36-32-28-24-20-16-12-4)38(44(47-7)48-8)40(39)50-34-30-26-22-18-14-10-2/h9-36H2,1-8H3. The lowest BCUT2D eigenvalue weighted by molar-refractivity contribution is 0.235. The second-order valence-electron chi connectivity index (χ2n) is 14.2. The Balaban J connectivity index is 3.74. The molecule has 0 unspecified atom stereocenters. The van der Waals surface area contributed by atoms with Crippen LogP contribution in [0.25, 0.3) is 0 Å². The van der Waals surface area contributed by atoms with Crippen molar-refractivity contribution >= 4 is 25.2 Å². The summed E-state index contributed by atoms with van der Waals surface area (Å²) in [5.74, 6) is 2.25. The summed E-state index contributed by atoms with van der Waals surface area (Å²) in [4.78, 5) is 0. The zero-order chi connectivity index (χ0) is 38.1. The van der Waals surface area contributed by atoms with E-state index in [0.29, 0.717) is 60.4 Å². The van der Waals surface area contributed by atoms with Crippen LogP contribution in [-0.2, 0) is 18.6 Å². The maximum Gasteiger partial charge on any atom is 0.501 e. The van der Waals surface area contributed by atoms with E-state index in [1.54, 1.807) is 28.4 Å². The summed E-state index contributed by atoms with van der Waals surface area (Å²) in [7, 11) is 5.08. The first-order valence-electron chi connectivity index (χ1n) is 21.5. The quantitative estimate of drug-likeness (QED) is 0.0491. The van der Waals surface area contributed by atoms with Crippen molar-refractivity contribution < 1.29 is 37.6 Å². The van der Waals surface area contributed by atoms with Gasteiger partial charge in [0.25, 0.3) is 0 Å². The Morgan fingerprint density at radius 2 is 0.481 bits per heavy atom. The van der Waals surface area contributed by atoms with E-state index in [9.17, 15) is 0 Å². The van der Waals surface area contributed by atoms with Gasteiger partial charge in [-0.2, -0.15) is 0 Å². The minimum absolute atomic E-state index is 0.533. The molecule has 1 aromatic carbocycles. The van der Waals surface area contributed by atoms with Crippen molar-refractivity contribution in [3.8, 4) is 23.0 Å². The average molecular weight is 735 g/mol. The maximum atomic E-state index is 6.77. The molecule has 1 rings (SSSR count). The van der Waals surface area contributed by atoms with Gasteiger partial charge in [0.2, 0.25) is 0 Å². The molecule has 0 amide bonds. The summed E-state index contributed by atoms with van der Waals surface area (Å²) in [5, 5.41) is 0. The topological polar surface area (TPSA) is 73.8 Å². The molecular weight excluding hydrogens is 654 g/mol. The van der Waals surface area contributed by atoms with Crippen molar-refractivity contribution in [1.82, 2.24) is 0 Å². The van der Waals surface area contributed by atoms with Gasteiger partial charge < -0.3 is 37.6 Å². The van der Waals surface area contributed by atoms with Crippen LogP contribution in [0.3, 0.4) is 0 Å². The van der Waals surface area contributed by atoms with Crippen LogP contribution in [0.1, 0.15) is 182 Å². The summed E-state index contributed by atoms with van der Waals surface area (Å²) >= 11 is 0. The van der Waals surface area contributed by atoms with Gasteiger partial charge in [-0.1, -0.05) is 156 Å². The Bertz CT molecular complexity index is 822. The fourth-order valence-corrected chi connectivity index (χ4v) is 6.59. The molecule has 1 aromatic rings. The van der Waals surface area contributed by atoms with Gasteiger partial charge >= 0.3 is 14.2 Å². The van der Waals surface area contributed by atoms with Crippen molar-refractivity contribution in [2.75, 3.05) is 54.9 Å². The monoisotopic (exact) mass is 735 g/mol. The summed E-state index contributed by atoms with van der Waals surface area (Å²) in [6.45, 7) is 11.1. The predicted octanol–water partition coefficient (Wildman–Crippen LogP) is 10.6. The summed E-state index contributed by atoms with van der Waals surface area (Å²) < 4.78 is 51.0. The van der Waals surface area contributed by atoms with E-state index in [0.717, 1.165) is 51.4 Å². The summed E-state index contributed by atoms with van der Waals surface area (Å²) in [6, 6.07) is 0. The summed E-state index contributed by atoms with van der Waals surface area (Å²) in [5.41, 5.74) is 1.32. The molecule has 0 saturated carbocycles. The molecule has 302 valence electrons. The molecule has 52 heavy (non-hydrogen) atoms. The molecule has 0 saturated heterocycles. The normalized spacial score (nSPS) is 11.2. The number of hydrogen-bond donors (Lipinski definition) is 0. The minimum Gasteiger partial charge on any atom is -0.490 e. The lowest BCUT2D eigenvalue weighted by Gasteiger charge is -2.28. The van der Waals surface area contributed by atoms with Crippen LogP contribution in [0.2, 0.25) is 0 Å². The number of ether oxygens (including phenoxy) is 4. The zero-order valence-electron chi connectivity index (χ0n) is 35.2. The number of hydrogen-bond acceptors (Lipinski definition) is 8. The molecule has 0 radical (unpaired) electrons. The Morgan fingerprint density at radius 1 is 0.288 bits per heavy atom. The van der Waals surface area contributed by atoms with Crippen molar-refractivity contribution in [2.45, 2.75) is 182 Å². The highest BCUT2D eigenvalue weighted by atomic mass is 16.6. The van der Waals surface area contributed by atoms with Gasteiger partial charge in [0.1, 0.15) is 0 Å². The largest absolute Gasteiger partial charge is 0.501 e. The van der Waals surface area contributed by atoms with Gasteiger partial charge in [0, 0.05) is 28.4 Å². The van der Waals surface area contributed by atoms with Gasteiger partial charge in [-0.15, -0.1) is 0 Å². The Morgan fingerprint density at radius 3 is 0.673 bits per heavy atom. The molecule has 0 bridgehead atoms. The van der Waals surface area contributed by atoms with Crippen LogP contribution in [0.5, 0.6) is 23.0 Å². The molecule has 0 aliphatic rings. The number of rotatable bonds is 38. The summed E-state index contributed by atoms with van der Waals surface area (Å²) in [6.07, 6.45) is 27.9. The van der Waals surface area contributed by atoms with Crippen molar-refractivity contribution in [3.05, 3.63) is 0 Å². The Hall–Kier alpha value is -1.61. The molecule has 0 N–H and O–H groups in total. The van der Waals surface area contributed by atoms with Gasteiger partial charge in [-0.3, -0.25) is 0 Å². The molecule has 0 atom stereocenters.